The molecule has 5 rings (SSSR count). The number of aromatic nitrogens is 2. The number of rotatable bonds is 5. The van der Waals surface area contributed by atoms with Crippen LogP contribution in [0.25, 0.3) is 22.3 Å². The maximum atomic E-state index is 13.5. The SMILES string of the molecule is COc1cc(C)c(-c2nc3ccccc3c(=O)n2N=Cc2ccc3c(c2)OCO3)cc1C(C)C. The van der Waals surface area contributed by atoms with Crippen molar-refractivity contribution >= 4 is 17.1 Å². The van der Waals surface area contributed by atoms with E-state index in [1.54, 1.807) is 19.4 Å². The first-order valence-corrected chi connectivity index (χ1v) is 11.1. The summed E-state index contributed by atoms with van der Waals surface area (Å²) in [5, 5.41) is 5.08. The molecule has 7 heteroatoms. The van der Waals surface area contributed by atoms with Crippen molar-refractivity contribution in [2.75, 3.05) is 13.9 Å². The Morgan fingerprint density at radius 2 is 1.88 bits per heavy atom. The first kappa shape index (κ1) is 21.7. The van der Waals surface area contributed by atoms with E-state index in [4.69, 9.17) is 19.2 Å². The molecule has 0 fully saturated rings. The van der Waals surface area contributed by atoms with Crippen molar-refractivity contribution in [2.24, 2.45) is 5.10 Å². The molecule has 1 aromatic heterocycles. The van der Waals surface area contributed by atoms with Crippen molar-refractivity contribution in [3.05, 3.63) is 81.6 Å². The number of para-hydroxylation sites is 1. The second kappa shape index (κ2) is 8.67. The number of hydrogen-bond donors (Lipinski definition) is 0. The van der Waals surface area contributed by atoms with Gasteiger partial charge >= 0.3 is 0 Å². The molecule has 1 aliphatic rings. The molecule has 0 unspecified atom stereocenters. The Labute approximate surface area is 197 Å². The maximum absolute atomic E-state index is 13.5. The van der Waals surface area contributed by atoms with E-state index in [-0.39, 0.29) is 18.3 Å². The normalized spacial score (nSPS) is 12.7. The summed E-state index contributed by atoms with van der Waals surface area (Å²) in [6, 6.07) is 16.9. The van der Waals surface area contributed by atoms with Crippen molar-refractivity contribution in [3.63, 3.8) is 0 Å². The summed E-state index contributed by atoms with van der Waals surface area (Å²) in [5.41, 5.74) is 3.98. The van der Waals surface area contributed by atoms with Crippen LogP contribution in [0.3, 0.4) is 0 Å². The Kier molecular flexibility index (Phi) is 5.53. The molecule has 0 saturated carbocycles. The summed E-state index contributed by atoms with van der Waals surface area (Å²) in [4.78, 5) is 18.4. The van der Waals surface area contributed by atoms with E-state index >= 15 is 0 Å². The Morgan fingerprint density at radius 3 is 2.68 bits per heavy atom. The Bertz CT molecular complexity index is 1490. The van der Waals surface area contributed by atoms with Crippen LogP contribution in [0.2, 0.25) is 0 Å². The highest BCUT2D eigenvalue weighted by Gasteiger charge is 2.18. The van der Waals surface area contributed by atoms with Gasteiger partial charge in [0, 0.05) is 5.56 Å². The lowest BCUT2D eigenvalue weighted by molar-refractivity contribution is 0.174. The van der Waals surface area contributed by atoms with Crippen molar-refractivity contribution in [1.29, 1.82) is 0 Å². The second-order valence-electron chi connectivity index (χ2n) is 8.49. The predicted octanol–water partition coefficient (Wildman–Crippen LogP) is 5.11. The number of hydrogen-bond acceptors (Lipinski definition) is 6. The number of methoxy groups -OCH3 is 1. The van der Waals surface area contributed by atoms with E-state index in [1.807, 2.05) is 55.5 Å². The first-order valence-electron chi connectivity index (χ1n) is 11.1. The zero-order chi connectivity index (χ0) is 23.8. The predicted molar refractivity (Wildman–Crippen MR) is 132 cm³/mol. The Balaban J connectivity index is 1.72. The van der Waals surface area contributed by atoms with Gasteiger partial charge < -0.3 is 14.2 Å². The zero-order valence-corrected chi connectivity index (χ0v) is 19.5. The third-order valence-corrected chi connectivity index (χ3v) is 5.91. The average Bonchev–Trinajstić information content (AvgIpc) is 3.31. The van der Waals surface area contributed by atoms with Gasteiger partial charge in [0.15, 0.2) is 17.3 Å². The standard InChI is InChI=1S/C27H25N3O4/c1-16(2)20-13-21(17(3)11-24(20)32-4)26-29-22-8-6-5-7-19(22)27(31)30(26)28-14-18-9-10-23-25(12-18)34-15-33-23/h5-14,16H,15H2,1-4H3. The lowest BCUT2D eigenvalue weighted by Gasteiger charge is -2.17. The van der Waals surface area contributed by atoms with Crippen molar-refractivity contribution in [1.82, 2.24) is 9.66 Å². The fourth-order valence-corrected chi connectivity index (χ4v) is 4.09. The topological polar surface area (TPSA) is 74.9 Å². The number of benzene rings is 3. The molecule has 3 aromatic carbocycles. The van der Waals surface area contributed by atoms with E-state index in [0.29, 0.717) is 28.2 Å². The van der Waals surface area contributed by atoms with Crippen LogP contribution in [0.15, 0.2) is 64.5 Å². The van der Waals surface area contributed by atoms with Crippen molar-refractivity contribution in [2.45, 2.75) is 26.7 Å². The molecule has 172 valence electrons. The van der Waals surface area contributed by atoms with Gasteiger partial charge in [-0.25, -0.2) is 4.98 Å². The molecule has 0 bridgehead atoms. The van der Waals surface area contributed by atoms with Gasteiger partial charge in [0.05, 0.1) is 24.2 Å². The fourth-order valence-electron chi connectivity index (χ4n) is 4.09. The summed E-state index contributed by atoms with van der Waals surface area (Å²) in [5.74, 6) is 2.86. The molecule has 0 radical (unpaired) electrons. The first-order chi connectivity index (χ1) is 16.5. The molecule has 2 heterocycles. The minimum Gasteiger partial charge on any atom is -0.496 e. The molecular formula is C27H25N3O4. The van der Waals surface area contributed by atoms with Crippen LogP contribution in [0, 0.1) is 6.92 Å². The molecule has 0 aliphatic carbocycles. The fraction of sp³-hybridized carbons (Fsp3) is 0.222. The molecule has 0 saturated heterocycles. The van der Waals surface area contributed by atoms with Crippen LogP contribution in [0.1, 0.15) is 36.5 Å². The minimum atomic E-state index is -0.237. The molecule has 7 nitrogen and oxygen atoms in total. The monoisotopic (exact) mass is 455 g/mol. The van der Waals surface area contributed by atoms with Crippen LogP contribution >= 0.6 is 0 Å². The van der Waals surface area contributed by atoms with Gasteiger partial charge in [-0.3, -0.25) is 4.79 Å². The lowest BCUT2D eigenvalue weighted by Crippen LogP contribution is -2.20. The molecule has 0 atom stereocenters. The highest BCUT2D eigenvalue weighted by molar-refractivity contribution is 5.83. The number of ether oxygens (including phenoxy) is 3. The van der Waals surface area contributed by atoms with E-state index in [1.165, 1.54) is 4.68 Å². The molecule has 34 heavy (non-hydrogen) atoms. The molecule has 0 spiro atoms. The summed E-state index contributed by atoms with van der Waals surface area (Å²) in [7, 11) is 1.67. The largest absolute Gasteiger partial charge is 0.496 e. The lowest BCUT2D eigenvalue weighted by atomic mass is 9.96. The molecular weight excluding hydrogens is 430 g/mol. The second-order valence-corrected chi connectivity index (χ2v) is 8.49. The Morgan fingerprint density at radius 1 is 1.09 bits per heavy atom. The van der Waals surface area contributed by atoms with Crippen molar-refractivity contribution in [3.8, 4) is 28.6 Å². The summed E-state index contributed by atoms with van der Waals surface area (Å²) < 4.78 is 17.8. The highest BCUT2D eigenvalue weighted by Crippen LogP contribution is 2.34. The average molecular weight is 456 g/mol. The third-order valence-electron chi connectivity index (χ3n) is 5.91. The van der Waals surface area contributed by atoms with Gasteiger partial charge in [-0.2, -0.15) is 9.78 Å². The van der Waals surface area contributed by atoms with E-state index in [9.17, 15) is 4.79 Å². The van der Waals surface area contributed by atoms with Gasteiger partial charge in [0.25, 0.3) is 5.56 Å². The third kappa shape index (κ3) is 3.79. The van der Waals surface area contributed by atoms with Gasteiger partial charge in [-0.15, -0.1) is 0 Å². The number of fused-ring (bicyclic) bond motifs is 2. The van der Waals surface area contributed by atoms with Crippen LogP contribution < -0.4 is 19.8 Å². The molecule has 4 aromatic rings. The van der Waals surface area contributed by atoms with Gasteiger partial charge in [0.1, 0.15) is 5.75 Å². The molecule has 1 aliphatic heterocycles. The van der Waals surface area contributed by atoms with Gasteiger partial charge in [0.2, 0.25) is 6.79 Å². The maximum Gasteiger partial charge on any atom is 0.282 e. The number of aryl methyl sites for hydroxylation is 1. The molecule has 0 amide bonds. The van der Waals surface area contributed by atoms with Crippen LogP contribution in [-0.2, 0) is 0 Å². The smallest absolute Gasteiger partial charge is 0.282 e. The minimum absolute atomic E-state index is 0.197. The zero-order valence-electron chi connectivity index (χ0n) is 19.5. The summed E-state index contributed by atoms with van der Waals surface area (Å²) >= 11 is 0. The highest BCUT2D eigenvalue weighted by atomic mass is 16.7. The quantitative estimate of drug-likeness (QED) is 0.391. The van der Waals surface area contributed by atoms with Crippen LogP contribution in [0.4, 0.5) is 0 Å². The van der Waals surface area contributed by atoms with Crippen LogP contribution in [-0.4, -0.2) is 29.8 Å². The Hall–Kier alpha value is -4.13. The van der Waals surface area contributed by atoms with Gasteiger partial charge in [-0.05, 0) is 72.0 Å². The van der Waals surface area contributed by atoms with E-state index in [0.717, 1.165) is 28.0 Å². The summed E-state index contributed by atoms with van der Waals surface area (Å²) in [6.45, 7) is 6.39. The van der Waals surface area contributed by atoms with E-state index < -0.39 is 0 Å². The van der Waals surface area contributed by atoms with Gasteiger partial charge in [-0.1, -0.05) is 26.0 Å². The van der Waals surface area contributed by atoms with Crippen LogP contribution in [0.5, 0.6) is 17.2 Å². The summed E-state index contributed by atoms with van der Waals surface area (Å²) in [6.07, 6.45) is 1.63. The van der Waals surface area contributed by atoms with E-state index in [2.05, 4.69) is 18.9 Å². The number of nitrogens with zero attached hydrogens (tertiary/aromatic N) is 3. The van der Waals surface area contributed by atoms with Crippen molar-refractivity contribution < 1.29 is 14.2 Å². The molecule has 0 N–H and O–H groups in total.